The fourth-order valence-corrected chi connectivity index (χ4v) is 3.52. The van der Waals surface area contributed by atoms with Crippen LogP contribution in [0.25, 0.3) is 0 Å². The highest BCUT2D eigenvalue weighted by molar-refractivity contribution is 5.94. The van der Waals surface area contributed by atoms with Gasteiger partial charge in [0.15, 0.2) is 0 Å². The molecule has 0 atom stereocenters. The van der Waals surface area contributed by atoms with Gasteiger partial charge in [0.2, 0.25) is 5.95 Å². The van der Waals surface area contributed by atoms with Crippen molar-refractivity contribution in [3.05, 3.63) is 71.4 Å². The van der Waals surface area contributed by atoms with Crippen LogP contribution >= 0.6 is 0 Å². The van der Waals surface area contributed by atoms with Gasteiger partial charge in [-0.3, -0.25) is 4.79 Å². The number of nitrogens with zero attached hydrogens (tertiary/aromatic N) is 4. The maximum atomic E-state index is 14.0. The Morgan fingerprint density at radius 2 is 1.72 bits per heavy atom. The van der Waals surface area contributed by atoms with Crippen molar-refractivity contribution in [1.29, 1.82) is 0 Å². The van der Waals surface area contributed by atoms with E-state index in [-0.39, 0.29) is 5.56 Å². The number of amides is 1. The molecule has 166 valence electrons. The molecule has 9 heteroatoms. The summed E-state index contributed by atoms with van der Waals surface area (Å²) in [6.45, 7) is 3.66. The highest BCUT2D eigenvalue weighted by Gasteiger charge is 2.25. The van der Waals surface area contributed by atoms with E-state index in [4.69, 9.17) is 4.74 Å². The summed E-state index contributed by atoms with van der Waals surface area (Å²) < 4.78 is 32.3. The molecule has 1 N–H and O–H groups in total. The van der Waals surface area contributed by atoms with Crippen LogP contribution < -0.4 is 15.0 Å². The number of benzene rings is 2. The molecule has 32 heavy (non-hydrogen) atoms. The Bertz CT molecular complexity index is 1120. The molecule has 0 aliphatic carbocycles. The minimum absolute atomic E-state index is 0.127. The molecule has 0 spiro atoms. The predicted molar refractivity (Wildman–Crippen MR) is 118 cm³/mol. The number of aryl methyl sites for hydroxylation is 1. The van der Waals surface area contributed by atoms with Gasteiger partial charge < -0.3 is 19.9 Å². The SMILES string of the molecule is COc1ccc(Nc2cc(C)nc(N3CCN(C(=O)c4ccc(F)cc4F)CC3)n2)cc1. The van der Waals surface area contributed by atoms with E-state index in [1.807, 2.05) is 42.2 Å². The lowest BCUT2D eigenvalue weighted by atomic mass is 10.1. The second-order valence-electron chi connectivity index (χ2n) is 7.45. The molecule has 1 saturated heterocycles. The molecular weight excluding hydrogens is 416 g/mol. The van der Waals surface area contributed by atoms with Gasteiger partial charge in [0.1, 0.15) is 23.2 Å². The Morgan fingerprint density at radius 3 is 2.38 bits per heavy atom. The Morgan fingerprint density at radius 1 is 1.00 bits per heavy atom. The molecule has 0 unspecified atom stereocenters. The molecule has 4 rings (SSSR count). The first kappa shape index (κ1) is 21.5. The molecule has 1 amide bonds. The van der Waals surface area contributed by atoms with Gasteiger partial charge in [-0.15, -0.1) is 0 Å². The van der Waals surface area contributed by atoms with Crippen LogP contribution in [0.3, 0.4) is 0 Å². The lowest BCUT2D eigenvalue weighted by Gasteiger charge is -2.35. The molecule has 2 aromatic carbocycles. The number of piperazine rings is 1. The second kappa shape index (κ2) is 9.17. The smallest absolute Gasteiger partial charge is 0.256 e. The summed E-state index contributed by atoms with van der Waals surface area (Å²) in [5, 5.41) is 3.26. The molecule has 7 nitrogen and oxygen atoms in total. The van der Waals surface area contributed by atoms with Crippen LogP contribution in [0, 0.1) is 18.6 Å². The van der Waals surface area contributed by atoms with Gasteiger partial charge in [-0.25, -0.2) is 13.8 Å². The van der Waals surface area contributed by atoms with Gasteiger partial charge in [-0.1, -0.05) is 0 Å². The average molecular weight is 439 g/mol. The zero-order valence-electron chi connectivity index (χ0n) is 17.8. The summed E-state index contributed by atoms with van der Waals surface area (Å²) in [6, 6.07) is 12.4. The zero-order chi connectivity index (χ0) is 22.7. The molecule has 0 bridgehead atoms. The van der Waals surface area contributed by atoms with Gasteiger partial charge >= 0.3 is 0 Å². The third kappa shape index (κ3) is 4.77. The topological polar surface area (TPSA) is 70.6 Å². The summed E-state index contributed by atoms with van der Waals surface area (Å²) >= 11 is 0. The van der Waals surface area contributed by atoms with Gasteiger partial charge in [0.25, 0.3) is 5.91 Å². The van der Waals surface area contributed by atoms with Gasteiger partial charge in [-0.05, 0) is 43.3 Å². The maximum Gasteiger partial charge on any atom is 0.256 e. The first-order chi connectivity index (χ1) is 15.4. The third-order valence-corrected chi connectivity index (χ3v) is 5.22. The van der Waals surface area contributed by atoms with E-state index in [1.165, 1.54) is 6.07 Å². The number of aromatic nitrogens is 2. The fourth-order valence-electron chi connectivity index (χ4n) is 3.52. The number of hydrogen-bond acceptors (Lipinski definition) is 6. The Kier molecular flexibility index (Phi) is 6.16. The summed E-state index contributed by atoms with van der Waals surface area (Å²) in [5.74, 6) is -0.0314. The minimum Gasteiger partial charge on any atom is -0.497 e. The molecule has 1 aliphatic heterocycles. The normalized spacial score (nSPS) is 13.8. The predicted octanol–water partition coefficient (Wildman–Crippen LogP) is 3.78. The van der Waals surface area contributed by atoms with E-state index in [0.29, 0.717) is 37.9 Å². The number of rotatable bonds is 5. The molecule has 0 saturated carbocycles. The lowest BCUT2D eigenvalue weighted by Crippen LogP contribution is -2.49. The van der Waals surface area contributed by atoms with Crippen LogP contribution in [0.15, 0.2) is 48.5 Å². The number of carbonyl (C=O) groups excluding carboxylic acids is 1. The number of nitrogens with one attached hydrogen (secondary N) is 1. The first-order valence-corrected chi connectivity index (χ1v) is 10.2. The first-order valence-electron chi connectivity index (χ1n) is 10.2. The van der Waals surface area contributed by atoms with Gasteiger partial charge in [0, 0.05) is 49.7 Å². The monoisotopic (exact) mass is 439 g/mol. The molecule has 0 radical (unpaired) electrons. The highest BCUT2D eigenvalue weighted by atomic mass is 19.1. The van der Waals surface area contributed by atoms with Crippen LogP contribution in [0.2, 0.25) is 0 Å². The maximum absolute atomic E-state index is 14.0. The third-order valence-electron chi connectivity index (χ3n) is 5.22. The summed E-state index contributed by atoms with van der Waals surface area (Å²) in [7, 11) is 1.62. The van der Waals surface area contributed by atoms with E-state index in [9.17, 15) is 13.6 Å². The zero-order valence-corrected chi connectivity index (χ0v) is 17.8. The highest BCUT2D eigenvalue weighted by Crippen LogP contribution is 2.22. The van der Waals surface area contributed by atoms with Crippen LogP contribution in [0.1, 0.15) is 16.1 Å². The van der Waals surface area contributed by atoms with Crippen molar-refractivity contribution in [2.24, 2.45) is 0 Å². The molecule has 1 aliphatic rings. The van der Waals surface area contributed by atoms with Crippen LogP contribution in [-0.4, -0.2) is 54.1 Å². The van der Waals surface area contributed by atoms with E-state index in [1.54, 1.807) is 12.0 Å². The summed E-state index contributed by atoms with van der Waals surface area (Å²) in [4.78, 5) is 25.3. The number of methoxy groups -OCH3 is 1. The van der Waals surface area contributed by atoms with E-state index < -0.39 is 17.5 Å². The number of anilines is 3. The van der Waals surface area contributed by atoms with E-state index >= 15 is 0 Å². The standard InChI is InChI=1S/C23H23F2N5O2/c1-15-13-21(27-17-4-6-18(32-2)7-5-17)28-23(26-15)30-11-9-29(10-12-30)22(31)19-8-3-16(24)14-20(19)25/h3-8,13-14H,9-12H2,1-2H3,(H,26,27,28). The lowest BCUT2D eigenvalue weighted by molar-refractivity contribution is 0.0741. The van der Waals surface area contributed by atoms with Crippen molar-refractivity contribution in [2.45, 2.75) is 6.92 Å². The Hall–Kier alpha value is -3.75. The number of halogens is 2. The van der Waals surface area contributed by atoms with E-state index in [0.717, 1.165) is 29.3 Å². The minimum atomic E-state index is -0.853. The van der Waals surface area contributed by atoms with Crippen LogP contribution in [0.5, 0.6) is 5.75 Å². The van der Waals surface area contributed by atoms with Gasteiger partial charge in [-0.2, -0.15) is 4.98 Å². The number of hydrogen-bond donors (Lipinski definition) is 1. The van der Waals surface area contributed by atoms with Crippen molar-refractivity contribution < 1.29 is 18.3 Å². The van der Waals surface area contributed by atoms with Crippen molar-refractivity contribution in [3.63, 3.8) is 0 Å². The molecular formula is C23H23F2N5O2. The quantitative estimate of drug-likeness (QED) is 0.653. The fraction of sp³-hybridized carbons (Fsp3) is 0.261. The van der Waals surface area contributed by atoms with Crippen LogP contribution in [-0.2, 0) is 0 Å². The second-order valence-corrected chi connectivity index (χ2v) is 7.45. The largest absolute Gasteiger partial charge is 0.497 e. The Balaban J connectivity index is 1.43. The number of carbonyl (C=O) groups is 1. The Labute approximate surface area is 184 Å². The van der Waals surface area contributed by atoms with Gasteiger partial charge in [0.05, 0.1) is 12.7 Å². The van der Waals surface area contributed by atoms with Crippen molar-refractivity contribution >= 4 is 23.4 Å². The van der Waals surface area contributed by atoms with Crippen molar-refractivity contribution in [3.8, 4) is 5.75 Å². The average Bonchev–Trinajstić information content (AvgIpc) is 2.79. The summed E-state index contributed by atoms with van der Waals surface area (Å²) in [5.41, 5.74) is 1.54. The summed E-state index contributed by atoms with van der Waals surface area (Å²) in [6.07, 6.45) is 0. The number of ether oxygens (including phenoxy) is 1. The molecule has 1 fully saturated rings. The van der Waals surface area contributed by atoms with Crippen LogP contribution in [0.4, 0.5) is 26.2 Å². The molecule has 1 aromatic heterocycles. The molecule has 2 heterocycles. The van der Waals surface area contributed by atoms with E-state index in [2.05, 4.69) is 15.3 Å². The molecule has 3 aromatic rings. The van der Waals surface area contributed by atoms with Crippen molar-refractivity contribution in [1.82, 2.24) is 14.9 Å². The van der Waals surface area contributed by atoms with Crippen molar-refractivity contribution in [2.75, 3.05) is 43.5 Å².